The largest absolute Gasteiger partial charge is 0.327 e. The van der Waals surface area contributed by atoms with Crippen LogP contribution >= 0.6 is 0 Å². The fourth-order valence-electron chi connectivity index (χ4n) is 1.47. The summed E-state index contributed by atoms with van der Waals surface area (Å²) >= 11 is 0. The fraction of sp³-hybridized carbons (Fsp3) is 1.00. The van der Waals surface area contributed by atoms with Crippen molar-refractivity contribution in [1.29, 1.82) is 0 Å². The Morgan fingerprint density at radius 2 is 1.86 bits per heavy atom. The van der Waals surface area contributed by atoms with Gasteiger partial charge in [-0.2, -0.15) is 0 Å². The molecule has 0 spiro atoms. The summed E-state index contributed by atoms with van der Waals surface area (Å²) in [6.07, 6.45) is 0. The van der Waals surface area contributed by atoms with Crippen LogP contribution in [0, 0.1) is 11.8 Å². The van der Waals surface area contributed by atoms with E-state index in [-0.39, 0.29) is 0 Å². The van der Waals surface area contributed by atoms with E-state index in [1.54, 1.807) is 0 Å². The number of rotatable bonds is 0. The molecule has 1 heterocycles. The van der Waals surface area contributed by atoms with Gasteiger partial charge in [0.1, 0.15) is 0 Å². The Bertz CT molecular complexity index is 82.1. The molecule has 0 aromatic heterocycles. The maximum absolute atomic E-state index is 5.63. The summed E-state index contributed by atoms with van der Waals surface area (Å²) in [4.78, 5) is 0. The van der Waals surface area contributed by atoms with Crippen LogP contribution in [0.5, 0.6) is 0 Å². The lowest BCUT2D eigenvalue weighted by Gasteiger charge is -1.94. The topological polar surface area (TPSA) is 38.0 Å². The predicted molar refractivity (Wildman–Crippen MR) is 27.8 cm³/mol. The van der Waals surface area contributed by atoms with Gasteiger partial charge >= 0.3 is 0 Å². The molecule has 1 saturated carbocycles. The number of hydrogen-bond acceptors (Lipinski definition) is 2. The number of piperidine rings is 1. The molecule has 0 aromatic carbocycles. The van der Waals surface area contributed by atoms with E-state index in [1.807, 2.05) is 0 Å². The van der Waals surface area contributed by atoms with Crippen LogP contribution < -0.4 is 11.1 Å². The number of nitrogens with two attached hydrogens (primary N) is 1. The van der Waals surface area contributed by atoms with Gasteiger partial charge in [0.05, 0.1) is 0 Å². The second-order valence-electron chi connectivity index (χ2n) is 2.56. The SMILES string of the molecule is N[C@@H]1C2CNC[C@H]21. The van der Waals surface area contributed by atoms with E-state index in [0.29, 0.717) is 6.04 Å². The van der Waals surface area contributed by atoms with Crippen molar-refractivity contribution in [3.63, 3.8) is 0 Å². The first-order chi connectivity index (χ1) is 3.39. The van der Waals surface area contributed by atoms with Gasteiger partial charge in [0.2, 0.25) is 0 Å². The molecular formula is C5H10N2. The van der Waals surface area contributed by atoms with E-state index in [0.717, 1.165) is 11.8 Å². The maximum atomic E-state index is 5.63. The molecule has 0 radical (unpaired) electrons. The van der Waals surface area contributed by atoms with Crippen LogP contribution in [0.2, 0.25) is 0 Å². The molecule has 1 saturated heterocycles. The molecule has 0 amide bonds. The molecule has 1 unspecified atom stereocenters. The van der Waals surface area contributed by atoms with Crippen LogP contribution in [0.25, 0.3) is 0 Å². The molecule has 3 atom stereocenters. The normalized spacial score (nSPS) is 57.0. The van der Waals surface area contributed by atoms with Crippen LogP contribution in [0.15, 0.2) is 0 Å². The Kier molecular flexibility index (Phi) is 0.557. The van der Waals surface area contributed by atoms with Crippen molar-refractivity contribution >= 4 is 0 Å². The van der Waals surface area contributed by atoms with Crippen LogP contribution in [-0.4, -0.2) is 19.1 Å². The van der Waals surface area contributed by atoms with Gasteiger partial charge in [0.15, 0.2) is 0 Å². The van der Waals surface area contributed by atoms with Crippen molar-refractivity contribution in [1.82, 2.24) is 5.32 Å². The predicted octanol–water partition coefficient (Wildman–Crippen LogP) is -0.837. The Balaban J connectivity index is 2.06. The van der Waals surface area contributed by atoms with Gasteiger partial charge in [-0.05, 0) is 24.9 Å². The standard InChI is InChI=1S/C5H10N2/c6-5-3-1-7-2-4(3)5/h3-5,7H,1-2,6H2/t3-,4?,5+/m1/s1. The highest BCUT2D eigenvalue weighted by molar-refractivity contribution is 5.07. The summed E-state index contributed by atoms with van der Waals surface area (Å²) in [5.74, 6) is 1.69. The van der Waals surface area contributed by atoms with E-state index >= 15 is 0 Å². The van der Waals surface area contributed by atoms with Crippen molar-refractivity contribution in [2.45, 2.75) is 6.04 Å². The van der Waals surface area contributed by atoms with Gasteiger partial charge in [-0.3, -0.25) is 0 Å². The summed E-state index contributed by atoms with van der Waals surface area (Å²) in [5.41, 5.74) is 5.63. The molecular weight excluding hydrogens is 88.1 g/mol. The molecule has 2 rings (SSSR count). The summed E-state index contributed by atoms with van der Waals surface area (Å²) in [6.45, 7) is 2.34. The summed E-state index contributed by atoms with van der Waals surface area (Å²) in [5, 5.41) is 3.27. The van der Waals surface area contributed by atoms with Gasteiger partial charge in [0.25, 0.3) is 0 Å². The Morgan fingerprint density at radius 3 is 2.14 bits per heavy atom. The number of fused-ring (bicyclic) bond motifs is 1. The first-order valence-electron chi connectivity index (χ1n) is 2.86. The van der Waals surface area contributed by atoms with Crippen LogP contribution in [0.4, 0.5) is 0 Å². The molecule has 1 aliphatic heterocycles. The second kappa shape index (κ2) is 1.01. The minimum atomic E-state index is 0.557. The number of nitrogens with one attached hydrogen (secondary N) is 1. The van der Waals surface area contributed by atoms with E-state index in [4.69, 9.17) is 5.73 Å². The molecule has 0 bridgehead atoms. The third-order valence-corrected chi connectivity index (χ3v) is 2.16. The minimum absolute atomic E-state index is 0.557. The van der Waals surface area contributed by atoms with Gasteiger partial charge in [-0.1, -0.05) is 0 Å². The fourth-order valence-corrected chi connectivity index (χ4v) is 1.47. The molecule has 1 aliphatic carbocycles. The van der Waals surface area contributed by atoms with E-state index in [1.165, 1.54) is 13.1 Å². The van der Waals surface area contributed by atoms with E-state index in [2.05, 4.69) is 5.32 Å². The highest BCUT2D eigenvalue weighted by Crippen LogP contribution is 2.39. The number of hydrogen-bond donors (Lipinski definition) is 2. The highest BCUT2D eigenvalue weighted by Gasteiger charge is 2.50. The summed E-state index contributed by atoms with van der Waals surface area (Å²) < 4.78 is 0. The Morgan fingerprint density at radius 1 is 1.29 bits per heavy atom. The van der Waals surface area contributed by atoms with Crippen molar-refractivity contribution in [2.24, 2.45) is 17.6 Å². The first-order valence-corrected chi connectivity index (χ1v) is 2.86. The van der Waals surface area contributed by atoms with Gasteiger partial charge in [0, 0.05) is 6.04 Å². The lowest BCUT2D eigenvalue weighted by Crippen LogP contribution is -2.21. The average Bonchev–Trinajstić information content (AvgIpc) is 2.26. The van der Waals surface area contributed by atoms with Crippen LogP contribution in [0.1, 0.15) is 0 Å². The molecule has 7 heavy (non-hydrogen) atoms. The molecule has 0 aromatic rings. The lowest BCUT2D eigenvalue weighted by molar-refractivity contribution is 0.677. The minimum Gasteiger partial charge on any atom is -0.327 e. The first kappa shape index (κ1) is 3.87. The smallest absolute Gasteiger partial charge is 0.0127 e. The van der Waals surface area contributed by atoms with Gasteiger partial charge < -0.3 is 11.1 Å². The third-order valence-electron chi connectivity index (χ3n) is 2.16. The highest BCUT2D eigenvalue weighted by atomic mass is 15.0. The van der Waals surface area contributed by atoms with Crippen molar-refractivity contribution < 1.29 is 0 Å². The quantitative estimate of drug-likeness (QED) is 0.414. The van der Waals surface area contributed by atoms with Crippen molar-refractivity contribution in [2.75, 3.05) is 13.1 Å². The Labute approximate surface area is 43.1 Å². The van der Waals surface area contributed by atoms with Gasteiger partial charge in [-0.25, -0.2) is 0 Å². The molecule has 40 valence electrons. The second-order valence-corrected chi connectivity index (χ2v) is 2.56. The summed E-state index contributed by atoms with van der Waals surface area (Å²) in [7, 11) is 0. The van der Waals surface area contributed by atoms with E-state index in [9.17, 15) is 0 Å². The zero-order chi connectivity index (χ0) is 4.85. The molecule has 2 aliphatic rings. The molecule has 2 fully saturated rings. The monoisotopic (exact) mass is 98.1 g/mol. The average molecular weight is 98.1 g/mol. The molecule has 2 nitrogen and oxygen atoms in total. The molecule has 2 heteroatoms. The molecule has 3 N–H and O–H groups in total. The zero-order valence-electron chi connectivity index (χ0n) is 4.22. The summed E-state index contributed by atoms with van der Waals surface area (Å²) in [6, 6.07) is 0.557. The van der Waals surface area contributed by atoms with Gasteiger partial charge in [-0.15, -0.1) is 0 Å². The maximum Gasteiger partial charge on any atom is 0.0127 e. The van der Waals surface area contributed by atoms with Crippen LogP contribution in [-0.2, 0) is 0 Å². The van der Waals surface area contributed by atoms with Crippen molar-refractivity contribution in [3.05, 3.63) is 0 Å². The Hall–Kier alpha value is -0.0800. The van der Waals surface area contributed by atoms with E-state index < -0.39 is 0 Å². The van der Waals surface area contributed by atoms with Crippen LogP contribution in [0.3, 0.4) is 0 Å². The van der Waals surface area contributed by atoms with Crippen molar-refractivity contribution in [3.8, 4) is 0 Å². The third kappa shape index (κ3) is 0.359. The lowest BCUT2D eigenvalue weighted by atomic mass is 10.4. The zero-order valence-corrected chi connectivity index (χ0v) is 4.22.